The highest BCUT2D eigenvalue weighted by Gasteiger charge is 2.66. The first kappa shape index (κ1) is 8.05. The van der Waals surface area contributed by atoms with Crippen molar-refractivity contribution in [1.29, 1.82) is 0 Å². The maximum atomic E-state index is 11.0. The minimum atomic E-state index is -0.599. The highest BCUT2D eigenvalue weighted by atomic mass is 16.4. The molecule has 1 aliphatic carbocycles. The highest BCUT2D eigenvalue weighted by molar-refractivity contribution is 5.83. The largest absolute Gasteiger partial charge is 0.480 e. The first-order valence-corrected chi connectivity index (χ1v) is 4.70. The average Bonchev–Trinajstić information content (AvgIpc) is 2.67. The van der Waals surface area contributed by atoms with E-state index >= 15 is 0 Å². The Labute approximate surface area is 72.4 Å². The second kappa shape index (κ2) is 2.46. The molecule has 0 bridgehead atoms. The van der Waals surface area contributed by atoms with Crippen molar-refractivity contribution >= 4 is 5.97 Å². The fourth-order valence-electron chi connectivity index (χ4n) is 2.53. The summed E-state index contributed by atoms with van der Waals surface area (Å²) in [5.41, 5.74) is -0.421. The molecule has 2 rings (SSSR count). The molecule has 1 saturated carbocycles. The molecular weight excluding hydrogens is 154 g/mol. The zero-order valence-corrected chi connectivity index (χ0v) is 7.42. The molecule has 1 aliphatic heterocycles. The molecule has 1 N–H and O–H groups in total. The van der Waals surface area contributed by atoms with Gasteiger partial charge in [-0.2, -0.15) is 0 Å². The molecule has 2 fully saturated rings. The van der Waals surface area contributed by atoms with Gasteiger partial charge in [-0.1, -0.05) is 6.92 Å². The van der Waals surface area contributed by atoms with Crippen molar-refractivity contribution in [3.63, 3.8) is 0 Å². The van der Waals surface area contributed by atoms with Gasteiger partial charge in [-0.05, 0) is 38.3 Å². The minimum absolute atomic E-state index is 0.421. The summed E-state index contributed by atoms with van der Waals surface area (Å²) in [5, 5.41) is 9.07. The second-order valence-electron chi connectivity index (χ2n) is 3.91. The third-order valence-electron chi connectivity index (χ3n) is 3.25. The summed E-state index contributed by atoms with van der Waals surface area (Å²) >= 11 is 0. The summed E-state index contributed by atoms with van der Waals surface area (Å²) in [5.74, 6) is -0.139. The summed E-state index contributed by atoms with van der Waals surface area (Å²) in [6.07, 6.45) is 3.04. The number of hydrogen-bond donors (Lipinski definition) is 1. The number of fused-ring (bicyclic) bond motifs is 1. The summed E-state index contributed by atoms with van der Waals surface area (Å²) in [6, 6.07) is 0. The third-order valence-corrected chi connectivity index (χ3v) is 3.25. The lowest BCUT2D eigenvalue weighted by atomic mass is 10.2. The van der Waals surface area contributed by atoms with Crippen molar-refractivity contribution in [2.75, 3.05) is 13.1 Å². The summed E-state index contributed by atoms with van der Waals surface area (Å²) in [4.78, 5) is 13.2. The number of carboxylic acids is 1. The SMILES string of the molecule is CCCN1CCC2CC21C(=O)O. The highest BCUT2D eigenvalue weighted by Crippen LogP contribution is 2.55. The van der Waals surface area contributed by atoms with Gasteiger partial charge in [-0.3, -0.25) is 9.69 Å². The molecular formula is C9H15NO2. The van der Waals surface area contributed by atoms with Gasteiger partial charge in [0.25, 0.3) is 0 Å². The molecule has 0 spiro atoms. The van der Waals surface area contributed by atoms with Crippen LogP contribution in [0.1, 0.15) is 26.2 Å². The number of carboxylic acid groups (broad SMARTS) is 1. The van der Waals surface area contributed by atoms with Gasteiger partial charge in [-0.25, -0.2) is 0 Å². The minimum Gasteiger partial charge on any atom is -0.480 e. The monoisotopic (exact) mass is 169 g/mol. The third kappa shape index (κ3) is 0.829. The maximum absolute atomic E-state index is 11.0. The number of aliphatic carboxylic acids is 1. The molecule has 0 radical (unpaired) electrons. The second-order valence-corrected chi connectivity index (χ2v) is 3.91. The maximum Gasteiger partial charge on any atom is 0.324 e. The Bertz CT molecular complexity index is 217. The molecule has 1 heterocycles. The van der Waals surface area contributed by atoms with Crippen molar-refractivity contribution in [3.05, 3.63) is 0 Å². The Morgan fingerprint density at radius 3 is 3.00 bits per heavy atom. The van der Waals surface area contributed by atoms with E-state index < -0.39 is 11.5 Å². The fourth-order valence-corrected chi connectivity index (χ4v) is 2.53. The van der Waals surface area contributed by atoms with Gasteiger partial charge in [0, 0.05) is 0 Å². The lowest BCUT2D eigenvalue weighted by molar-refractivity contribution is -0.144. The molecule has 12 heavy (non-hydrogen) atoms. The van der Waals surface area contributed by atoms with Gasteiger partial charge >= 0.3 is 5.97 Å². The Kier molecular flexibility index (Phi) is 1.65. The van der Waals surface area contributed by atoms with E-state index in [0.29, 0.717) is 5.92 Å². The predicted octanol–water partition coefficient (Wildman–Crippen LogP) is 0.945. The number of nitrogens with zero attached hydrogens (tertiary/aromatic N) is 1. The van der Waals surface area contributed by atoms with Crippen LogP contribution < -0.4 is 0 Å². The molecule has 2 aliphatic rings. The van der Waals surface area contributed by atoms with Crippen molar-refractivity contribution in [2.45, 2.75) is 31.7 Å². The number of hydrogen-bond acceptors (Lipinski definition) is 2. The van der Waals surface area contributed by atoms with Crippen molar-refractivity contribution < 1.29 is 9.90 Å². The van der Waals surface area contributed by atoms with Gasteiger partial charge < -0.3 is 5.11 Å². The van der Waals surface area contributed by atoms with Gasteiger partial charge in [-0.15, -0.1) is 0 Å². The van der Waals surface area contributed by atoms with E-state index in [0.717, 1.165) is 32.4 Å². The van der Waals surface area contributed by atoms with E-state index in [1.807, 2.05) is 0 Å². The molecule has 0 aromatic carbocycles. The topological polar surface area (TPSA) is 40.5 Å². The van der Waals surface area contributed by atoms with Crippen LogP contribution in [0.2, 0.25) is 0 Å². The van der Waals surface area contributed by atoms with E-state index in [9.17, 15) is 4.79 Å². The summed E-state index contributed by atoms with van der Waals surface area (Å²) < 4.78 is 0. The van der Waals surface area contributed by atoms with Gasteiger partial charge in [0.15, 0.2) is 0 Å². The number of piperidine rings is 1. The van der Waals surface area contributed by atoms with Crippen LogP contribution in [0, 0.1) is 5.92 Å². The van der Waals surface area contributed by atoms with Crippen molar-refractivity contribution in [2.24, 2.45) is 5.92 Å². The van der Waals surface area contributed by atoms with E-state index in [-0.39, 0.29) is 0 Å². The van der Waals surface area contributed by atoms with Crippen LogP contribution in [0.15, 0.2) is 0 Å². The van der Waals surface area contributed by atoms with Crippen LogP contribution in [0.4, 0.5) is 0 Å². The molecule has 2 atom stereocenters. The van der Waals surface area contributed by atoms with Crippen molar-refractivity contribution in [1.82, 2.24) is 4.90 Å². The Hall–Kier alpha value is -0.570. The molecule has 1 saturated heterocycles. The van der Waals surface area contributed by atoms with Crippen LogP contribution in [0.25, 0.3) is 0 Å². The molecule has 2 unspecified atom stereocenters. The number of carbonyl (C=O) groups is 1. The van der Waals surface area contributed by atoms with Crippen LogP contribution in [-0.2, 0) is 4.79 Å². The fraction of sp³-hybridized carbons (Fsp3) is 0.889. The van der Waals surface area contributed by atoms with Crippen molar-refractivity contribution in [3.8, 4) is 0 Å². The average molecular weight is 169 g/mol. The molecule has 3 heteroatoms. The summed E-state index contributed by atoms with van der Waals surface area (Å²) in [7, 11) is 0. The van der Waals surface area contributed by atoms with Gasteiger partial charge in [0.2, 0.25) is 0 Å². The Balaban J connectivity index is 2.10. The smallest absolute Gasteiger partial charge is 0.324 e. The molecule has 0 amide bonds. The van der Waals surface area contributed by atoms with E-state index in [4.69, 9.17) is 5.11 Å². The Morgan fingerprint density at radius 1 is 1.75 bits per heavy atom. The Morgan fingerprint density at radius 2 is 2.50 bits per heavy atom. The van der Waals surface area contributed by atoms with Crippen LogP contribution in [0.3, 0.4) is 0 Å². The standard InChI is InChI=1S/C9H15NO2/c1-2-4-10-5-3-7-6-9(7,10)8(11)12/h7H,2-6H2,1H3,(H,11,12). The zero-order valence-electron chi connectivity index (χ0n) is 7.42. The molecule has 68 valence electrons. The lowest BCUT2D eigenvalue weighted by Gasteiger charge is -2.23. The van der Waals surface area contributed by atoms with E-state index in [1.165, 1.54) is 0 Å². The number of rotatable bonds is 3. The van der Waals surface area contributed by atoms with Gasteiger partial charge in [0.1, 0.15) is 5.54 Å². The first-order valence-electron chi connectivity index (χ1n) is 4.70. The normalized spacial score (nSPS) is 39.6. The number of likely N-dealkylation sites (tertiary alicyclic amines) is 1. The van der Waals surface area contributed by atoms with Crippen LogP contribution >= 0.6 is 0 Å². The molecule has 0 aromatic rings. The quantitative estimate of drug-likeness (QED) is 0.683. The van der Waals surface area contributed by atoms with Gasteiger partial charge in [0.05, 0.1) is 0 Å². The van der Waals surface area contributed by atoms with E-state index in [2.05, 4.69) is 11.8 Å². The van der Waals surface area contributed by atoms with Crippen LogP contribution in [0.5, 0.6) is 0 Å². The molecule has 0 aromatic heterocycles. The molecule has 3 nitrogen and oxygen atoms in total. The first-order chi connectivity index (χ1) is 5.71. The van der Waals surface area contributed by atoms with Crippen LogP contribution in [-0.4, -0.2) is 34.6 Å². The lowest BCUT2D eigenvalue weighted by Crippen LogP contribution is -2.41. The predicted molar refractivity (Wildman–Crippen MR) is 45.0 cm³/mol. The zero-order chi connectivity index (χ0) is 8.77. The van der Waals surface area contributed by atoms with E-state index in [1.54, 1.807) is 0 Å². The summed E-state index contributed by atoms with van der Waals surface area (Å²) in [6.45, 7) is 4.04.